The zero-order valence-corrected chi connectivity index (χ0v) is 15.0. The van der Waals surface area contributed by atoms with E-state index in [4.69, 9.17) is 9.15 Å². The smallest absolute Gasteiger partial charge is 0.150 e. The summed E-state index contributed by atoms with van der Waals surface area (Å²) in [6.07, 6.45) is 0. The van der Waals surface area contributed by atoms with Gasteiger partial charge in [-0.2, -0.15) is 0 Å². The van der Waals surface area contributed by atoms with Gasteiger partial charge in [0, 0.05) is 11.1 Å². The summed E-state index contributed by atoms with van der Waals surface area (Å²) in [6.45, 7) is 0. The van der Waals surface area contributed by atoms with Gasteiger partial charge >= 0.3 is 0 Å². The Kier molecular flexibility index (Phi) is 4.35. The molecule has 0 radical (unpaired) electrons. The number of rotatable bonds is 3. The first-order valence-corrected chi connectivity index (χ1v) is 8.25. The van der Waals surface area contributed by atoms with E-state index in [-0.39, 0.29) is 0 Å². The minimum atomic E-state index is 0.836. The predicted molar refractivity (Wildman–Crippen MR) is 96.5 cm³/mol. The van der Waals surface area contributed by atoms with E-state index < -0.39 is 0 Å². The Labute approximate surface area is 145 Å². The van der Waals surface area contributed by atoms with E-state index in [0.29, 0.717) is 0 Å². The van der Waals surface area contributed by atoms with Gasteiger partial charge in [-0.3, -0.25) is 0 Å². The maximum absolute atomic E-state index is 6.10. The van der Waals surface area contributed by atoms with E-state index in [1.54, 1.807) is 7.11 Å². The summed E-state index contributed by atoms with van der Waals surface area (Å²) in [5, 5.41) is 0. The average molecular weight is 455 g/mol. The molecule has 1 heterocycles. The molecule has 0 aliphatic rings. The van der Waals surface area contributed by atoms with Gasteiger partial charge in [0.25, 0.3) is 0 Å². The number of ether oxygens (including phenoxy) is 1. The van der Waals surface area contributed by atoms with Crippen LogP contribution in [0, 0.1) is 3.57 Å². The van der Waals surface area contributed by atoms with Crippen molar-refractivity contribution in [2.24, 2.45) is 0 Å². The van der Waals surface area contributed by atoms with Crippen molar-refractivity contribution in [3.63, 3.8) is 0 Å². The van der Waals surface area contributed by atoms with Gasteiger partial charge in [-0.05, 0) is 62.8 Å². The highest BCUT2D eigenvalue weighted by Gasteiger charge is 2.18. The van der Waals surface area contributed by atoms with Gasteiger partial charge < -0.3 is 9.15 Å². The molecular weight excluding hydrogens is 443 g/mol. The normalized spacial score (nSPS) is 10.6. The summed E-state index contributed by atoms with van der Waals surface area (Å²) < 4.78 is 13.3. The van der Waals surface area contributed by atoms with Crippen molar-refractivity contribution in [2.75, 3.05) is 7.11 Å². The maximum atomic E-state index is 6.10. The van der Waals surface area contributed by atoms with Crippen molar-refractivity contribution in [3.05, 3.63) is 62.6 Å². The van der Waals surface area contributed by atoms with Crippen LogP contribution in [0.4, 0.5) is 0 Å². The van der Waals surface area contributed by atoms with Crippen LogP contribution in [0.15, 0.2) is 63.5 Å². The number of halogens is 2. The van der Waals surface area contributed by atoms with Gasteiger partial charge in [0.05, 0.1) is 15.2 Å². The van der Waals surface area contributed by atoms with Crippen LogP contribution in [-0.2, 0) is 0 Å². The van der Waals surface area contributed by atoms with Gasteiger partial charge in [-0.25, -0.2) is 0 Å². The fraction of sp³-hybridized carbons (Fsp3) is 0.0588. The molecule has 0 N–H and O–H groups in total. The van der Waals surface area contributed by atoms with E-state index in [1.165, 1.54) is 0 Å². The van der Waals surface area contributed by atoms with Crippen LogP contribution in [0.2, 0.25) is 0 Å². The molecule has 0 aliphatic carbocycles. The Morgan fingerprint density at radius 2 is 1.52 bits per heavy atom. The van der Waals surface area contributed by atoms with Gasteiger partial charge in [0.1, 0.15) is 17.3 Å². The minimum Gasteiger partial charge on any atom is -0.497 e. The molecule has 106 valence electrons. The molecule has 0 bridgehead atoms. The standard InChI is InChI=1S/C17H12BrIO2/c1-20-13-9-7-12(8-10-13)17-15(19)14(18)16(21-17)11-5-3-2-4-6-11/h2-10H,1H3. The third-order valence-corrected chi connectivity index (χ3v) is 5.71. The van der Waals surface area contributed by atoms with Crippen LogP contribution < -0.4 is 4.74 Å². The van der Waals surface area contributed by atoms with Gasteiger partial charge in [-0.15, -0.1) is 0 Å². The maximum Gasteiger partial charge on any atom is 0.150 e. The SMILES string of the molecule is COc1ccc(-c2oc(-c3ccccc3)c(Br)c2I)cc1. The molecule has 0 atom stereocenters. The molecule has 3 rings (SSSR count). The largest absolute Gasteiger partial charge is 0.497 e. The predicted octanol–water partition coefficient (Wildman–Crippen LogP) is 5.99. The van der Waals surface area contributed by atoms with Crippen molar-refractivity contribution < 1.29 is 9.15 Å². The second-order valence-corrected chi connectivity index (χ2v) is 6.35. The second-order valence-electron chi connectivity index (χ2n) is 4.48. The van der Waals surface area contributed by atoms with Crippen LogP contribution in [0.1, 0.15) is 0 Å². The molecule has 0 saturated heterocycles. The summed E-state index contributed by atoms with van der Waals surface area (Å²) in [5.41, 5.74) is 2.09. The van der Waals surface area contributed by atoms with Crippen LogP contribution in [0.3, 0.4) is 0 Å². The molecule has 4 heteroatoms. The Morgan fingerprint density at radius 3 is 2.14 bits per heavy atom. The lowest BCUT2D eigenvalue weighted by atomic mass is 10.1. The lowest BCUT2D eigenvalue weighted by Crippen LogP contribution is -1.82. The molecule has 0 amide bonds. The van der Waals surface area contributed by atoms with Crippen LogP contribution in [0.5, 0.6) is 5.75 Å². The van der Waals surface area contributed by atoms with E-state index >= 15 is 0 Å². The van der Waals surface area contributed by atoms with E-state index in [2.05, 4.69) is 38.5 Å². The molecule has 2 nitrogen and oxygen atoms in total. The zero-order chi connectivity index (χ0) is 14.8. The molecule has 21 heavy (non-hydrogen) atoms. The molecule has 0 unspecified atom stereocenters. The first-order chi connectivity index (χ1) is 10.2. The van der Waals surface area contributed by atoms with Gasteiger partial charge in [0.15, 0.2) is 0 Å². The van der Waals surface area contributed by atoms with Crippen LogP contribution in [0.25, 0.3) is 22.6 Å². The van der Waals surface area contributed by atoms with E-state index in [1.807, 2.05) is 54.6 Å². The average Bonchev–Trinajstić information content (AvgIpc) is 2.84. The summed E-state index contributed by atoms with van der Waals surface area (Å²) in [6, 6.07) is 18.0. The first kappa shape index (κ1) is 14.7. The lowest BCUT2D eigenvalue weighted by molar-refractivity contribution is 0.415. The van der Waals surface area contributed by atoms with Crippen molar-refractivity contribution in [2.45, 2.75) is 0 Å². The third kappa shape index (κ3) is 2.87. The minimum absolute atomic E-state index is 0.836. The number of methoxy groups -OCH3 is 1. The molecule has 3 aromatic rings. The Morgan fingerprint density at radius 1 is 0.905 bits per heavy atom. The number of hydrogen-bond acceptors (Lipinski definition) is 2. The molecule has 0 fully saturated rings. The van der Waals surface area contributed by atoms with Crippen molar-refractivity contribution in [3.8, 4) is 28.4 Å². The van der Waals surface area contributed by atoms with E-state index in [9.17, 15) is 0 Å². The fourth-order valence-electron chi connectivity index (χ4n) is 2.09. The van der Waals surface area contributed by atoms with Crippen molar-refractivity contribution in [1.29, 1.82) is 0 Å². The molecular formula is C17H12BrIO2. The van der Waals surface area contributed by atoms with Crippen molar-refractivity contribution >= 4 is 38.5 Å². The summed E-state index contributed by atoms with van der Waals surface area (Å²) in [7, 11) is 1.66. The van der Waals surface area contributed by atoms with Crippen LogP contribution >= 0.6 is 38.5 Å². The topological polar surface area (TPSA) is 22.4 Å². The monoisotopic (exact) mass is 454 g/mol. The fourth-order valence-corrected chi connectivity index (χ4v) is 3.25. The quantitative estimate of drug-likeness (QED) is 0.453. The van der Waals surface area contributed by atoms with Gasteiger partial charge in [-0.1, -0.05) is 30.3 Å². The van der Waals surface area contributed by atoms with Gasteiger partial charge in [0.2, 0.25) is 0 Å². The number of furan rings is 1. The third-order valence-electron chi connectivity index (χ3n) is 3.18. The molecule has 0 aliphatic heterocycles. The highest BCUT2D eigenvalue weighted by atomic mass is 127. The summed E-state index contributed by atoms with van der Waals surface area (Å²) in [5.74, 6) is 2.55. The van der Waals surface area contributed by atoms with Crippen molar-refractivity contribution in [1.82, 2.24) is 0 Å². The highest BCUT2D eigenvalue weighted by Crippen LogP contribution is 2.41. The molecule has 2 aromatic carbocycles. The second kappa shape index (κ2) is 6.23. The molecule has 0 saturated carbocycles. The lowest BCUT2D eigenvalue weighted by Gasteiger charge is -2.01. The Balaban J connectivity index is 2.08. The van der Waals surface area contributed by atoms with E-state index in [0.717, 1.165) is 36.4 Å². The van der Waals surface area contributed by atoms with Crippen LogP contribution in [-0.4, -0.2) is 7.11 Å². The summed E-state index contributed by atoms with van der Waals surface area (Å²) >= 11 is 5.94. The number of benzene rings is 2. The first-order valence-electron chi connectivity index (χ1n) is 6.38. The molecule has 1 aromatic heterocycles. The zero-order valence-electron chi connectivity index (χ0n) is 11.3. The Bertz CT molecular complexity index is 748. The highest BCUT2D eigenvalue weighted by molar-refractivity contribution is 14.1. The molecule has 0 spiro atoms. The summed E-state index contributed by atoms with van der Waals surface area (Å²) in [4.78, 5) is 0. The number of hydrogen-bond donors (Lipinski definition) is 0. The Hall–Kier alpha value is -1.27.